The van der Waals surface area contributed by atoms with Crippen molar-refractivity contribution in [3.63, 3.8) is 0 Å². The summed E-state index contributed by atoms with van der Waals surface area (Å²) < 4.78 is 0. The van der Waals surface area contributed by atoms with E-state index < -0.39 is 24.4 Å². The van der Waals surface area contributed by atoms with E-state index in [4.69, 9.17) is 5.73 Å². The number of carboxylic acids is 2. The van der Waals surface area contributed by atoms with Crippen LogP contribution in [0.3, 0.4) is 0 Å². The first-order valence-electron chi connectivity index (χ1n) is 2.20. The van der Waals surface area contributed by atoms with Crippen molar-refractivity contribution >= 4 is 35.0 Å². The van der Waals surface area contributed by atoms with E-state index in [0.717, 1.165) is 0 Å². The van der Waals surface area contributed by atoms with E-state index in [2.05, 4.69) is 0 Å². The van der Waals surface area contributed by atoms with E-state index in [1.54, 1.807) is 0 Å². The Morgan fingerprint density at radius 3 is 1.82 bits per heavy atom. The number of carboxylic acid groups (broad SMARTS) is 2. The van der Waals surface area contributed by atoms with Crippen molar-refractivity contribution in [3.8, 4) is 0 Å². The third-order valence-electron chi connectivity index (χ3n) is 0.689. The molecular formula is C4H7MgNO5. The topological polar surface area (TPSA) is 138 Å². The second-order valence-electron chi connectivity index (χ2n) is 1.50. The fourth-order valence-electron chi connectivity index (χ4n) is 0.263. The maximum atomic E-state index is 9.71. The summed E-state index contributed by atoms with van der Waals surface area (Å²) in [5.74, 6) is -3.08. The standard InChI is InChI=1S/C4H7NO4.Mg.H2O/c5-2(4(8)9)1-3(6)7;;/h2H,1,5H2,(H,6,7)(H,8,9);;1H2/q;+2;/p-2/t2-;;/m1../s1. The number of aliphatic carboxylic acids is 2. The molecule has 0 aromatic rings. The second-order valence-corrected chi connectivity index (χ2v) is 1.50. The van der Waals surface area contributed by atoms with Gasteiger partial charge >= 0.3 is 23.1 Å². The van der Waals surface area contributed by atoms with Gasteiger partial charge in [0, 0.05) is 18.4 Å². The Bertz CT molecular complexity index is 138. The van der Waals surface area contributed by atoms with Gasteiger partial charge in [-0.2, -0.15) is 0 Å². The SMILES string of the molecule is N[C@H](CC(=O)[O-])C(=O)[O-].O.[Mg+2]. The Morgan fingerprint density at radius 1 is 1.36 bits per heavy atom. The van der Waals surface area contributed by atoms with Crippen molar-refractivity contribution in [3.05, 3.63) is 0 Å². The summed E-state index contributed by atoms with van der Waals surface area (Å²) in [4.78, 5) is 19.3. The van der Waals surface area contributed by atoms with Gasteiger partial charge in [0.1, 0.15) is 0 Å². The van der Waals surface area contributed by atoms with Crippen LogP contribution >= 0.6 is 0 Å². The molecule has 7 heteroatoms. The van der Waals surface area contributed by atoms with E-state index in [-0.39, 0.29) is 28.5 Å². The monoisotopic (exact) mass is 173 g/mol. The number of nitrogens with two attached hydrogens (primary N) is 1. The van der Waals surface area contributed by atoms with Crippen LogP contribution in [-0.4, -0.2) is 46.5 Å². The summed E-state index contributed by atoms with van der Waals surface area (Å²) in [5.41, 5.74) is 4.73. The van der Waals surface area contributed by atoms with Crippen molar-refractivity contribution in [1.82, 2.24) is 0 Å². The molecule has 6 nitrogen and oxygen atoms in total. The molecule has 0 aliphatic heterocycles. The Hall–Kier alpha value is -0.374. The molecule has 60 valence electrons. The van der Waals surface area contributed by atoms with Gasteiger partial charge in [-0.05, 0) is 0 Å². The third kappa shape index (κ3) is 9.63. The van der Waals surface area contributed by atoms with Crippen molar-refractivity contribution in [1.29, 1.82) is 0 Å². The Kier molecular flexibility index (Phi) is 11.9. The van der Waals surface area contributed by atoms with E-state index in [9.17, 15) is 19.8 Å². The smallest absolute Gasteiger partial charge is 0.550 e. The molecule has 0 saturated carbocycles. The van der Waals surface area contributed by atoms with Gasteiger partial charge in [-0.25, -0.2) is 0 Å². The minimum Gasteiger partial charge on any atom is -0.550 e. The molecule has 0 saturated heterocycles. The van der Waals surface area contributed by atoms with Gasteiger partial charge in [0.05, 0.1) is 5.97 Å². The molecule has 0 spiro atoms. The summed E-state index contributed by atoms with van der Waals surface area (Å²) in [6.45, 7) is 0. The van der Waals surface area contributed by atoms with E-state index in [1.807, 2.05) is 0 Å². The van der Waals surface area contributed by atoms with Gasteiger partial charge in [0.2, 0.25) is 0 Å². The maximum Gasteiger partial charge on any atom is 2.00 e. The van der Waals surface area contributed by atoms with Gasteiger partial charge in [-0.3, -0.25) is 0 Å². The number of hydrogen-bond donors (Lipinski definition) is 1. The normalized spacial score (nSPS) is 10.3. The van der Waals surface area contributed by atoms with Gasteiger partial charge in [0.25, 0.3) is 0 Å². The zero-order valence-electron chi connectivity index (χ0n) is 5.70. The van der Waals surface area contributed by atoms with Crippen LogP contribution in [0.15, 0.2) is 0 Å². The second kappa shape index (κ2) is 7.73. The minimum absolute atomic E-state index is 0. The molecule has 1 atom stereocenters. The minimum atomic E-state index is -1.58. The van der Waals surface area contributed by atoms with Crippen molar-refractivity contribution in [2.24, 2.45) is 5.73 Å². The molecule has 0 aromatic heterocycles. The molecule has 0 aliphatic carbocycles. The Morgan fingerprint density at radius 2 is 1.73 bits per heavy atom. The van der Waals surface area contributed by atoms with Crippen LogP contribution < -0.4 is 15.9 Å². The quantitative estimate of drug-likeness (QED) is 0.426. The van der Waals surface area contributed by atoms with Crippen LogP contribution in [0, 0.1) is 0 Å². The zero-order chi connectivity index (χ0) is 7.44. The Labute approximate surface area is 78.8 Å². The molecule has 4 N–H and O–H groups in total. The fourth-order valence-corrected chi connectivity index (χ4v) is 0.263. The van der Waals surface area contributed by atoms with Crippen LogP contribution in [-0.2, 0) is 9.59 Å². The number of hydrogen-bond acceptors (Lipinski definition) is 5. The molecule has 0 bridgehead atoms. The first kappa shape index (κ1) is 16.9. The average Bonchev–Trinajstić information content (AvgIpc) is 1.63. The number of rotatable bonds is 3. The number of carbonyl (C=O) groups excluding carboxylic acids is 2. The summed E-state index contributed by atoms with van der Waals surface area (Å²) in [7, 11) is 0. The number of carbonyl (C=O) groups is 2. The molecule has 0 aliphatic rings. The maximum absolute atomic E-state index is 9.71. The fraction of sp³-hybridized carbons (Fsp3) is 0.500. The van der Waals surface area contributed by atoms with E-state index >= 15 is 0 Å². The average molecular weight is 173 g/mol. The van der Waals surface area contributed by atoms with Gasteiger partial charge < -0.3 is 31.0 Å². The van der Waals surface area contributed by atoms with Gasteiger partial charge in [0.15, 0.2) is 0 Å². The molecule has 11 heavy (non-hydrogen) atoms. The predicted octanol–water partition coefficient (Wildman–Crippen LogP) is -5.00. The summed E-state index contributed by atoms with van der Waals surface area (Å²) in [6.07, 6.45) is -0.706. The molecule has 0 aromatic carbocycles. The summed E-state index contributed by atoms with van der Waals surface area (Å²) >= 11 is 0. The molecule has 0 radical (unpaired) electrons. The van der Waals surface area contributed by atoms with Crippen LogP contribution in [0.4, 0.5) is 0 Å². The first-order valence-corrected chi connectivity index (χ1v) is 2.20. The van der Waals surface area contributed by atoms with Crippen LogP contribution in [0.2, 0.25) is 0 Å². The van der Waals surface area contributed by atoms with Crippen molar-refractivity contribution < 1.29 is 25.3 Å². The van der Waals surface area contributed by atoms with E-state index in [0.29, 0.717) is 0 Å². The van der Waals surface area contributed by atoms with Gasteiger partial charge in [-0.1, -0.05) is 0 Å². The largest absolute Gasteiger partial charge is 2.00 e. The summed E-state index contributed by atoms with van der Waals surface area (Å²) in [6, 6.07) is -1.46. The van der Waals surface area contributed by atoms with Crippen LogP contribution in [0.1, 0.15) is 6.42 Å². The summed E-state index contributed by atoms with van der Waals surface area (Å²) in [5, 5.41) is 19.3. The van der Waals surface area contributed by atoms with Crippen LogP contribution in [0.5, 0.6) is 0 Å². The predicted molar refractivity (Wildman–Crippen MR) is 32.0 cm³/mol. The molecule has 0 heterocycles. The van der Waals surface area contributed by atoms with Crippen LogP contribution in [0.25, 0.3) is 0 Å². The van der Waals surface area contributed by atoms with Gasteiger partial charge in [-0.15, -0.1) is 0 Å². The van der Waals surface area contributed by atoms with Crippen molar-refractivity contribution in [2.75, 3.05) is 0 Å². The first-order chi connectivity index (χ1) is 4.04. The third-order valence-corrected chi connectivity index (χ3v) is 0.689. The molecular weight excluding hydrogens is 166 g/mol. The van der Waals surface area contributed by atoms with E-state index in [1.165, 1.54) is 0 Å². The Balaban J connectivity index is -0.000000320. The molecule has 0 fully saturated rings. The molecule has 0 rings (SSSR count). The zero-order valence-corrected chi connectivity index (χ0v) is 7.12. The molecule has 0 unspecified atom stereocenters. The molecule has 0 amide bonds. The van der Waals surface area contributed by atoms with Crippen molar-refractivity contribution in [2.45, 2.75) is 12.5 Å².